The highest BCUT2D eigenvalue weighted by Crippen LogP contribution is 2.06. The minimum atomic E-state index is -0.975. The molecule has 0 aliphatic carbocycles. The normalized spacial score (nSPS) is 10.3. The first-order valence-corrected chi connectivity index (χ1v) is 4.75. The van der Waals surface area contributed by atoms with Gasteiger partial charge in [-0.15, -0.1) is 0 Å². The van der Waals surface area contributed by atoms with Crippen LogP contribution in [-0.2, 0) is 16.1 Å². The van der Waals surface area contributed by atoms with Gasteiger partial charge in [0.1, 0.15) is 6.61 Å². The van der Waals surface area contributed by atoms with Crippen LogP contribution in [0.5, 0.6) is 0 Å². The molecule has 4 heteroatoms. The third kappa shape index (κ3) is 3.57. The summed E-state index contributed by atoms with van der Waals surface area (Å²) in [6.45, 7) is 1.87. The molecule has 0 aliphatic heterocycles. The van der Waals surface area contributed by atoms with Crippen LogP contribution in [0, 0.1) is 0 Å². The van der Waals surface area contributed by atoms with Gasteiger partial charge in [0.15, 0.2) is 0 Å². The number of allylic oxidation sites excluding steroid dienone is 1. The van der Waals surface area contributed by atoms with E-state index in [-0.39, 0.29) is 12.2 Å². The van der Waals surface area contributed by atoms with Crippen molar-refractivity contribution in [3.05, 3.63) is 47.5 Å². The molecule has 1 N–H and O–H groups in total. The maximum Gasteiger partial charge on any atom is 0.335 e. The number of carboxylic acids is 1. The van der Waals surface area contributed by atoms with Crippen molar-refractivity contribution in [1.82, 2.24) is 0 Å². The number of carbonyl (C=O) groups excluding carboxylic acids is 1. The fraction of sp³-hybridized carbons (Fsp3) is 0.167. The SMILES string of the molecule is CC=CC(=O)OCc1ccc(C(=O)O)cc1. The molecule has 0 aliphatic rings. The lowest BCUT2D eigenvalue weighted by Crippen LogP contribution is -2.01. The lowest BCUT2D eigenvalue weighted by atomic mass is 10.1. The number of carboxylic acid groups (broad SMARTS) is 1. The van der Waals surface area contributed by atoms with Crippen molar-refractivity contribution in [1.29, 1.82) is 0 Å². The maximum atomic E-state index is 11.0. The van der Waals surface area contributed by atoms with Gasteiger partial charge in [0.25, 0.3) is 0 Å². The van der Waals surface area contributed by atoms with E-state index >= 15 is 0 Å². The molecule has 0 amide bonds. The molecule has 0 aromatic heterocycles. The molecule has 16 heavy (non-hydrogen) atoms. The van der Waals surface area contributed by atoms with Gasteiger partial charge in [-0.1, -0.05) is 18.2 Å². The first-order valence-electron chi connectivity index (χ1n) is 4.75. The van der Waals surface area contributed by atoms with Gasteiger partial charge in [-0.05, 0) is 24.6 Å². The van der Waals surface area contributed by atoms with Crippen LogP contribution >= 0.6 is 0 Å². The van der Waals surface area contributed by atoms with Crippen LogP contribution in [0.1, 0.15) is 22.8 Å². The van der Waals surface area contributed by atoms with E-state index in [1.165, 1.54) is 18.2 Å². The average molecular weight is 220 g/mol. The Hall–Kier alpha value is -2.10. The van der Waals surface area contributed by atoms with Gasteiger partial charge in [0.2, 0.25) is 0 Å². The zero-order valence-electron chi connectivity index (χ0n) is 8.84. The molecule has 0 saturated carbocycles. The summed E-state index contributed by atoms with van der Waals surface area (Å²) < 4.78 is 4.90. The lowest BCUT2D eigenvalue weighted by Gasteiger charge is -2.02. The zero-order valence-corrected chi connectivity index (χ0v) is 8.84. The fourth-order valence-corrected chi connectivity index (χ4v) is 1.08. The Balaban J connectivity index is 2.56. The van der Waals surface area contributed by atoms with E-state index in [9.17, 15) is 9.59 Å². The van der Waals surface area contributed by atoms with Crippen molar-refractivity contribution in [3.8, 4) is 0 Å². The number of rotatable bonds is 4. The number of aromatic carboxylic acids is 1. The molecule has 84 valence electrons. The van der Waals surface area contributed by atoms with E-state index < -0.39 is 11.9 Å². The Bertz CT molecular complexity index is 404. The second-order valence-corrected chi connectivity index (χ2v) is 3.11. The molecule has 0 bridgehead atoms. The van der Waals surface area contributed by atoms with E-state index in [2.05, 4.69) is 0 Å². The molecule has 1 aromatic carbocycles. The van der Waals surface area contributed by atoms with E-state index in [0.29, 0.717) is 0 Å². The Morgan fingerprint density at radius 1 is 1.31 bits per heavy atom. The van der Waals surface area contributed by atoms with Crippen molar-refractivity contribution in [2.24, 2.45) is 0 Å². The monoisotopic (exact) mass is 220 g/mol. The third-order valence-corrected chi connectivity index (χ3v) is 1.88. The van der Waals surface area contributed by atoms with E-state index in [1.54, 1.807) is 25.1 Å². The summed E-state index contributed by atoms with van der Waals surface area (Å²) in [4.78, 5) is 21.6. The molecular formula is C12H12O4. The molecular weight excluding hydrogens is 208 g/mol. The maximum absolute atomic E-state index is 11.0. The quantitative estimate of drug-likeness (QED) is 0.622. The van der Waals surface area contributed by atoms with Gasteiger partial charge >= 0.3 is 11.9 Å². The molecule has 0 heterocycles. The Morgan fingerprint density at radius 3 is 2.44 bits per heavy atom. The van der Waals surface area contributed by atoms with Crippen molar-refractivity contribution >= 4 is 11.9 Å². The number of hydrogen-bond acceptors (Lipinski definition) is 3. The Kier molecular flexibility index (Phi) is 4.27. The summed E-state index contributed by atoms with van der Waals surface area (Å²) in [7, 11) is 0. The zero-order chi connectivity index (χ0) is 12.0. The Labute approximate surface area is 93.2 Å². The van der Waals surface area contributed by atoms with Crippen molar-refractivity contribution in [2.75, 3.05) is 0 Å². The summed E-state index contributed by atoms with van der Waals surface area (Å²) in [5.74, 6) is -1.39. The summed E-state index contributed by atoms with van der Waals surface area (Å²) in [5.41, 5.74) is 0.964. The second kappa shape index (κ2) is 5.70. The molecule has 0 unspecified atom stereocenters. The van der Waals surface area contributed by atoms with E-state index in [1.807, 2.05) is 0 Å². The smallest absolute Gasteiger partial charge is 0.335 e. The first kappa shape index (κ1) is 12.0. The van der Waals surface area contributed by atoms with Crippen molar-refractivity contribution in [2.45, 2.75) is 13.5 Å². The van der Waals surface area contributed by atoms with Crippen LogP contribution in [0.15, 0.2) is 36.4 Å². The van der Waals surface area contributed by atoms with Crippen LogP contribution in [0.2, 0.25) is 0 Å². The number of hydrogen-bond donors (Lipinski definition) is 1. The van der Waals surface area contributed by atoms with Gasteiger partial charge in [0.05, 0.1) is 5.56 Å². The van der Waals surface area contributed by atoms with Gasteiger partial charge in [-0.25, -0.2) is 9.59 Å². The minimum absolute atomic E-state index is 0.142. The predicted octanol–water partition coefficient (Wildman–Crippen LogP) is 2.00. The van der Waals surface area contributed by atoms with Crippen molar-refractivity contribution in [3.63, 3.8) is 0 Å². The summed E-state index contributed by atoms with van der Waals surface area (Å²) >= 11 is 0. The number of esters is 1. The number of ether oxygens (including phenoxy) is 1. The molecule has 0 saturated heterocycles. The van der Waals surface area contributed by atoms with Gasteiger partial charge in [-0.2, -0.15) is 0 Å². The average Bonchev–Trinajstić information content (AvgIpc) is 2.27. The molecule has 0 spiro atoms. The standard InChI is InChI=1S/C12H12O4/c1-2-3-11(13)16-8-9-4-6-10(7-5-9)12(14)15/h2-7H,8H2,1H3,(H,14,15). The minimum Gasteiger partial charge on any atom is -0.478 e. The molecule has 1 rings (SSSR count). The lowest BCUT2D eigenvalue weighted by molar-refractivity contribution is -0.139. The largest absolute Gasteiger partial charge is 0.478 e. The molecule has 4 nitrogen and oxygen atoms in total. The van der Waals surface area contributed by atoms with Crippen LogP contribution in [-0.4, -0.2) is 17.0 Å². The van der Waals surface area contributed by atoms with Crippen molar-refractivity contribution < 1.29 is 19.4 Å². The number of carbonyl (C=O) groups is 2. The third-order valence-electron chi connectivity index (χ3n) is 1.88. The highest BCUT2D eigenvalue weighted by Gasteiger charge is 2.02. The highest BCUT2D eigenvalue weighted by molar-refractivity contribution is 5.87. The second-order valence-electron chi connectivity index (χ2n) is 3.11. The van der Waals surface area contributed by atoms with Gasteiger partial charge in [0, 0.05) is 6.08 Å². The van der Waals surface area contributed by atoms with Crippen LogP contribution in [0.25, 0.3) is 0 Å². The Morgan fingerprint density at radius 2 is 1.94 bits per heavy atom. The summed E-state index contributed by atoms with van der Waals surface area (Å²) in [6.07, 6.45) is 2.92. The predicted molar refractivity (Wildman–Crippen MR) is 58.0 cm³/mol. The van der Waals surface area contributed by atoms with Crippen LogP contribution in [0.4, 0.5) is 0 Å². The van der Waals surface area contributed by atoms with Gasteiger partial charge in [-0.3, -0.25) is 0 Å². The molecule has 1 aromatic rings. The summed E-state index contributed by atoms with van der Waals surface area (Å²) in [5, 5.41) is 8.67. The molecule has 0 radical (unpaired) electrons. The first-order chi connectivity index (χ1) is 7.63. The van der Waals surface area contributed by atoms with Crippen LogP contribution < -0.4 is 0 Å². The fourth-order valence-electron chi connectivity index (χ4n) is 1.08. The highest BCUT2D eigenvalue weighted by atomic mass is 16.5. The summed E-state index contributed by atoms with van der Waals surface area (Å²) in [6, 6.07) is 6.18. The van der Waals surface area contributed by atoms with Crippen LogP contribution in [0.3, 0.4) is 0 Å². The van der Waals surface area contributed by atoms with E-state index in [4.69, 9.17) is 9.84 Å². The van der Waals surface area contributed by atoms with E-state index in [0.717, 1.165) is 5.56 Å². The number of benzene rings is 1. The van der Waals surface area contributed by atoms with Gasteiger partial charge < -0.3 is 9.84 Å². The molecule has 0 fully saturated rings. The topological polar surface area (TPSA) is 63.6 Å². The molecule has 0 atom stereocenters.